The minimum absolute atomic E-state index is 0.113. The first-order valence-electron chi connectivity index (χ1n) is 3.64. The average Bonchev–Trinajstić information content (AvgIpc) is 2.58. The molecule has 0 bridgehead atoms. The highest BCUT2D eigenvalue weighted by atomic mass is 16.2. The summed E-state index contributed by atoms with van der Waals surface area (Å²) in [5, 5.41) is 0. The summed E-state index contributed by atoms with van der Waals surface area (Å²) in [7, 11) is 0. The van der Waals surface area contributed by atoms with Crippen molar-refractivity contribution in [3.63, 3.8) is 0 Å². The quantitative estimate of drug-likeness (QED) is 0.464. The fourth-order valence-electron chi connectivity index (χ4n) is 1.82. The molecule has 2 aliphatic rings. The van der Waals surface area contributed by atoms with Crippen molar-refractivity contribution in [3.05, 3.63) is 0 Å². The molecule has 2 nitrogen and oxygen atoms in total. The van der Waals surface area contributed by atoms with Gasteiger partial charge in [-0.1, -0.05) is 0 Å². The fourth-order valence-corrected chi connectivity index (χ4v) is 1.82. The molecule has 0 heterocycles. The van der Waals surface area contributed by atoms with Crippen LogP contribution in [0.3, 0.4) is 0 Å². The monoisotopic (exact) mass is 138 g/mol. The largest absolute Gasteiger partial charge is 0.298 e. The topological polar surface area (TPSA) is 34.1 Å². The maximum absolute atomic E-state index is 11.3. The molecule has 2 aliphatic carbocycles. The molecule has 54 valence electrons. The molecule has 0 radical (unpaired) electrons. The molecule has 2 fully saturated rings. The molecule has 2 atom stereocenters. The van der Waals surface area contributed by atoms with Crippen molar-refractivity contribution in [1.29, 1.82) is 0 Å². The Morgan fingerprint density at radius 1 is 1.20 bits per heavy atom. The van der Waals surface area contributed by atoms with Gasteiger partial charge < -0.3 is 0 Å². The number of hydrogen-bond donors (Lipinski definition) is 0. The highest BCUT2D eigenvalue weighted by molar-refractivity contribution is 6.17. The zero-order chi connectivity index (χ0) is 7.52. The van der Waals surface area contributed by atoms with Gasteiger partial charge in [-0.15, -0.1) is 0 Å². The van der Waals surface area contributed by atoms with Crippen molar-refractivity contribution in [2.75, 3.05) is 0 Å². The molecule has 0 N–H and O–H groups in total. The van der Waals surface area contributed by atoms with Crippen molar-refractivity contribution in [1.82, 2.24) is 0 Å². The lowest BCUT2D eigenvalue weighted by Crippen LogP contribution is -2.28. The maximum Gasteiger partial charge on any atom is 0.149 e. The third-order valence-electron chi connectivity index (χ3n) is 2.70. The lowest BCUT2D eigenvalue weighted by atomic mass is 9.86. The average molecular weight is 138 g/mol. The lowest BCUT2D eigenvalue weighted by Gasteiger charge is -2.14. The lowest BCUT2D eigenvalue weighted by molar-refractivity contribution is -0.135. The number of Topliss-reactive ketones (excluding diaryl/α,β-unsaturated/α-hetero) is 2. The number of ketones is 2. The van der Waals surface area contributed by atoms with Crippen molar-refractivity contribution in [2.45, 2.75) is 20.3 Å². The van der Waals surface area contributed by atoms with Gasteiger partial charge in [-0.3, -0.25) is 9.59 Å². The Morgan fingerprint density at radius 2 is 1.60 bits per heavy atom. The molecule has 2 unspecified atom stereocenters. The van der Waals surface area contributed by atoms with Crippen molar-refractivity contribution >= 4 is 11.6 Å². The van der Waals surface area contributed by atoms with E-state index in [1.807, 2.05) is 0 Å². The van der Waals surface area contributed by atoms with E-state index in [0.717, 1.165) is 6.42 Å². The third kappa shape index (κ3) is 0.459. The van der Waals surface area contributed by atoms with Gasteiger partial charge in [-0.25, -0.2) is 0 Å². The van der Waals surface area contributed by atoms with Gasteiger partial charge in [-0.05, 0) is 20.3 Å². The Kier molecular flexibility index (Phi) is 0.812. The van der Waals surface area contributed by atoms with Crippen LogP contribution >= 0.6 is 0 Å². The van der Waals surface area contributed by atoms with Gasteiger partial charge in [0.1, 0.15) is 11.6 Å². The van der Waals surface area contributed by atoms with Crippen LogP contribution in [0.1, 0.15) is 20.3 Å². The zero-order valence-corrected chi connectivity index (χ0v) is 6.18. The molecule has 0 amide bonds. The van der Waals surface area contributed by atoms with Crippen molar-refractivity contribution in [3.8, 4) is 0 Å². The highest BCUT2D eigenvalue weighted by Crippen LogP contribution is 2.54. The zero-order valence-electron chi connectivity index (χ0n) is 6.18. The third-order valence-corrected chi connectivity index (χ3v) is 2.70. The second kappa shape index (κ2) is 1.34. The molecule has 2 rings (SSSR count). The molecule has 2 heteroatoms. The van der Waals surface area contributed by atoms with Gasteiger partial charge >= 0.3 is 0 Å². The summed E-state index contributed by atoms with van der Waals surface area (Å²) in [6.45, 7) is 3.48. The van der Waals surface area contributed by atoms with Crippen LogP contribution in [0.5, 0.6) is 0 Å². The smallest absolute Gasteiger partial charge is 0.149 e. The number of fused-ring (bicyclic) bond motifs is 1. The van der Waals surface area contributed by atoms with Crippen LogP contribution in [0, 0.1) is 17.3 Å². The summed E-state index contributed by atoms with van der Waals surface area (Å²) >= 11 is 0. The van der Waals surface area contributed by atoms with Crippen LogP contribution in [0.4, 0.5) is 0 Å². The number of hydrogen-bond acceptors (Lipinski definition) is 2. The molecular formula is C8H10O2. The van der Waals surface area contributed by atoms with Crippen LogP contribution in [-0.2, 0) is 9.59 Å². The van der Waals surface area contributed by atoms with E-state index in [1.54, 1.807) is 13.8 Å². The van der Waals surface area contributed by atoms with Crippen LogP contribution in [0.25, 0.3) is 0 Å². The van der Waals surface area contributed by atoms with E-state index >= 15 is 0 Å². The van der Waals surface area contributed by atoms with Crippen LogP contribution in [-0.4, -0.2) is 11.6 Å². The Hall–Kier alpha value is -0.660. The van der Waals surface area contributed by atoms with Gasteiger partial charge in [0, 0.05) is 11.8 Å². The Balaban J connectivity index is 2.41. The van der Waals surface area contributed by atoms with Crippen LogP contribution < -0.4 is 0 Å². The van der Waals surface area contributed by atoms with E-state index < -0.39 is 5.41 Å². The molecule has 0 aromatic carbocycles. The molecule has 0 aromatic rings. The normalized spacial score (nSPS) is 41.8. The Bertz CT molecular complexity index is 205. The van der Waals surface area contributed by atoms with E-state index in [2.05, 4.69) is 0 Å². The molecule has 10 heavy (non-hydrogen) atoms. The molecule has 0 aliphatic heterocycles. The second-order valence-electron chi connectivity index (χ2n) is 3.80. The molecular weight excluding hydrogens is 128 g/mol. The van der Waals surface area contributed by atoms with Gasteiger partial charge in [0.2, 0.25) is 0 Å². The molecule has 0 saturated heterocycles. The number of carbonyl (C=O) groups is 2. The van der Waals surface area contributed by atoms with E-state index in [4.69, 9.17) is 0 Å². The maximum atomic E-state index is 11.3. The van der Waals surface area contributed by atoms with Gasteiger partial charge in [0.05, 0.1) is 5.41 Å². The fraction of sp³-hybridized carbons (Fsp3) is 0.750. The van der Waals surface area contributed by atoms with Crippen molar-refractivity contribution in [2.24, 2.45) is 17.3 Å². The van der Waals surface area contributed by atoms with Gasteiger partial charge in [-0.2, -0.15) is 0 Å². The second-order valence-corrected chi connectivity index (χ2v) is 3.80. The summed E-state index contributed by atoms with van der Waals surface area (Å²) < 4.78 is 0. The number of carbonyl (C=O) groups excluding carboxylic acids is 2. The van der Waals surface area contributed by atoms with Crippen LogP contribution in [0.2, 0.25) is 0 Å². The van der Waals surface area contributed by atoms with E-state index in [-0.39, 0.29) is 23.4 Å². The van der Waals surface area contributed by atoms with E-state index in [0.29, 0.717) is 0 Å². The Morgan fingerprint density at radius 3 is 1.80 bits per heavy atom. The Labute approximate surface area is 59.6 Å². The van der Waals surface area contributed by atoms with Gasteiger partial charge in [0.25, 0.3) is 0 Å². The first-order chi connectivity index (χ1) is 4.55. The predicted molar refractivity (Wildman–Crippen MR) is 35.4 cm³/mol. The highest BCUT2D eigenvalue weighted by Gasteiger charge is 2.63. The van der Waals surface area contributed by atoms with Gasteiger partial charge in [0.15, 0.2) is 0 Å². The molecule has 2 saturated carbocycles. The molecule has 0 spiro atoms. The summed E-state index contributed by atoms with van der Waals surface area (Å²) in [6.07, 6.45) is 0.834. The summed E-state index contributed by atoms with van der Waals surface area (Å²) in [5.41, 5.74) is -0.645. The van der Waals surface area contributed by atoms with E-state index in [1.165, 1.54) is 0 Å². The number of rotatable bonds is 0. The van der Waals surface area contributed by atoms with Crippen LogP contribution in [0.15, 0.2) is 0 Å². The summed E-state index contributed by atoms with van der Waals surface area (Å²) in [6, 6.07) is 0. The molecule has 0 aromatic heterocycles. The summed E-state index contributed by atoms with van der Waals surface area (Å²) in [4.78, 5) is 22.5. The first kappa shape index (κ1) is 6.08. The minimum Gasteiger partial charge on any atom is -0.298 e. The van der Waals surface area contributed by atoms with Crippen molar-refractivity contribution < 1.29 is 9.59 Å². The SMILES string of the molecule is CC1(C)C(=O)C2CC2C1=O. The van der Waals surface area contributed by atoms with E-state index in [9.17, 15) is 9.59 Å². The summed E-state index contributed by atoms with van der Waals surface area (Å²) in [5.74, 6) is 0.565. The first-order valence-corrected chi connectivity index (χ1v) is 3.64. The standard InChI is InChI=1S/C8H10O2/c1-8(2)6(9)4-3-5(4)7(8)10/h4-5H,3H2,1-2H3. The predicted octanol–water partition coefficient (Wildman–Crippen LogP) is 0.800. The minimum atomic E-state index is -0.645.